The molecule has 512 valence electrons. The monoisotopic (exact) mass is 1360 g/mol. The molecule has 0 amide bonds. The molecule has 0 radical (unpaired) electrons. The number of rotatable bonds is 44. The van der Waals surface area contributed by atoms with Crippen molar-refractivity contribution >= 4 is 69.3 Å². The minimum absolute atomic E-state index is 0. The Morgan fingerprint density at radius 1 is 0.442 bits per heavy atom. The van der Waals surface area contributed by atoms with Crippen LogP contribution in [0.2, 0.25) is 0 Å². The molecule has 0 saturated heterocycles. The molecule has 0 aliphatic carbocycles. The van der Waals surface area contributed by atoms with Gasteiger partial charge in [0.05, 0.1) is 5.56 Å². The van der Waals surface area contributed by atoms with Crippen LogP contribution in [0.3, 0.4) is 0 Å². The number of unbranched alkanes of at least 4 members (excludes halogenated alkanes) is 24. The van der Waals surface area contributed by atoms with Crippen molar-refractivity contribution in [3.05, 3.63) is 132 Å². The van der Waals surface area contributed by atoms with Gasteiger partial charge in [0.25, 0.3) is 0 Å². The summed E-state index contributed by atoms with van der Waals surface area (Å²) in [4.78, 5) is 47.2. The molecule has 0 spiro atoms. The van der Waals surface area contributed by atoms with Crippen LogP contribution in [0.4, 0.5) is 5.82 Å². The molecule has 8 rings (SSSR count). The van der Waals surface area contributed by atoms with Crippen molar-refractivity contribution in [3.63, 3.8) is 0 Å². The smallest absolute Gasteiger partial charge is 0.339 e. The molecule has 95 heavy (non-hydrogen) atoms. The number of carbonyl (C=O) groups excluding carboxylic acids is 1. The summed E-state index contributed by atoms with van der Waals surface area (Å²) in [5.74, 6) is 4.44. The van der Waals surface area contributed by atoms with Gasteiger partial charge in [0, 0.05) is 69.8 Å². The molecular formula is C83H120N8O2SZn. The topological polar surface area (TPSA) is 140 Å². The molecule has 10 nitrogen and oxygen atoms in total. The van der Waals surface area contributed by atoms with Gasteiger partial charge in [-0.1, -0.05) is 246 Å². The minimum Gasteiger partial charge on any atom is -0.451 e. The number of aromatic nitrogens is 1. The maximum absolute atomic E-state index is 14.9. The van der Waals surface area contributed by atoms with Crippen LogP contribution in [-0.4, -0.2) is 58.2 Å². The van der Waals surface area contributed by atoms with Crippen LogP contribution in [0, 0.1) is 5.41 Å². The maximum Gasteiger partial charge on any atom is 0.339 e. The van der Waals surface area contributed by atoms with E-state index in [1.807, 2.05) is 6.26 Å². The Morgan fingerprint density at radius 3 is 1.32 bits per heavy atom. The fourth-order valence-electron chi connectivity index (χ4n) is 14.6. The average molecular weight is 1360 g/mol. The second-order valence-electron chi connectivity index (χ2n) is 27.4. The second-order valence-corrected chi connectivity index (χ2v) is 28.2. The maximum atomic E-state index is 14.9. The number of benzene rings is 4. The summed E-state index contributed by atoms with van der Waals surface area (Å²) in [6.45, 7) is 18.2. The van der Waals surface area contributed by atoms with Crippen LogP contribution in [0.15, 0.2) is 73.6 Å². The van der Waals surface area contributed by atoms with Gasteiger partial charge in [-0.15, -0.1) is 11.8 Å². The van der Waals surface area contributed by atoms with E-state index in [1.165, 1.54) is 159 Å². The van der Waals surface area contributed by atoms with Crippen molar-refractivity contribution in [3.8, 4) is 0 Å². The summed E-state index contributed by atoms with van der Waals surface area (Å²) in [5.41, 5.74) is 16.4. The summed E-state index contributed by atoms with van der Waals surface area (Å²) in [7, 11) is 0. The van der Waals surface area contributed by atoms with Crippen molar-refractivity contribution in [1.82, 2.24) is 10.3 Å². The van der Waals surface area contributed by atoms with E-state index >= 15 is 0 Å². The van der Waals surface area contributed by atoms with Gasteiger partial charge < -0.3 is 15.0 Å². The van der Waals surface area contributed by atoms with E-state index in [2.05, 4.69) is 114 Å². The number of H-pyrrole nitrogens is 1. The van der Waals surface area contributed by atoms with Crippen LogP contribution in [0.1, 0.15) is 349 Å². The van der Waals surface area contributed by atoms with E-state index in [0.717, 1.165) is 204 Å². The number of aryl methyl sites for hydroxylation is 7. The first kappa shape index (κ1) is 77.0. The molecule has 3 N–H and O–H groups in total. The molecule has 1 aromatic heterocycles. The van der Waals surface area contributed by atoms with E-state index in [1.54, 1.807) is 0 Å². The van der Waals surface area contributed by atoms with Gasteiger partial charge in [-0.3, -0.25) is 5.41 Å². The Morgan fingerprint density at radius 2 is 0.832 bits per heavy atom. The number of nitrogens with one attached hydrogen (secondary N) is 3. The molecule has 4 heterocycles. The first-order valence-electron chi connectivity index (χ1n) is 38.3. The van der Waals surface area contributed by atoms with Crippen molar-refractivity contribution in [2.75, 3.05) is 12.2 Å². The van der Waals surface area contributed by atoms with Gasteiger partial charge in [-0.25, -0.2) is 29.8 Å². The quantitative estimate of drug-likeness (QED) is 0.0155. The van der Waals surface area contributed by atoms with Gasteiger partial charge in [-0.05, 0) is 160 Å². The zero-order valence-corrected chi connectivity index (χ0v) is 64.6. The third-order valence-electron chi connectivity index (χ3n) is 19.9. The molecule has 0 atom stereocenters. The molecule has 0 fully saturated rings. The zero-order valence-electron chi connectivity index (χ0n) is 60.8. The molecule has 0 saturated carbocycles. The van der Waals surface area contributed by atoms with Crippen LogP contribution >= 0.6 is 11.8 Å². The molecule has 3 aliphatic rings. The number of hydrogen-bond donors (Lipinski definition) is 3. The number of ether oxygens (including phenoxy) is 1. The Kier molecular flexibility index (Phi) is 33.9. The summed E-state index contributed by atoms with van der Waals surface area (Å²) in [6.07, 6.45) is 47.9. The fraction of sp³-hybridized carbons (Fsp3) is 0.602. The summed E-state index contributed by atoms with van der Waals surface area (Å²) < 4.78 is 6.15. The van der Waals surface area contributed by atoms with E-state index in [0.29, 0.717) is 35.3 Å². The van der Waals surface area contributed by atoms with Crippen molar-refractivity contribution in [2.45, 2.75) is 312 Å². The predicted molar refractivity (Wildman–Crippen MR) is 406 cm³/mol. The van der Waals surface area contributed by atoms with Gasteiger partial charge in [-0.2, -0.15) is 0 Å². The minimum atomic E-state index is -0.298. The zero-order chi connectivity index (χ0) is 66.4. The Hall–Kier alpha value is -5.32. The SMILES string of the molecule is CCCCCCc1ccc(CCCCCC)c2c1C(=N)N=C2N=C1NC(=NC2=N/C(=N\c3[nH]cc4c(CCCCCC)ccc(CCCCCC)c34)c3c(CCCCCC)ccc(CCCCCC)c32)c2c(CCCCCC)cc(C(=O)OCSC)c(CCCCCC)c21.[Zn]. The van der Waals surface area contributed by atoms with Crippen molar-refractivity contribution in [1.29, 1.82) is 5.41 Å². The number of nitrogens with zero attached hydrogens (tertiary/aromatic N) is 5. The predicted octanol–water partition coefficient (Wildman–Crippen LogP) is 23.0. The first-order chi connectivity index (χ1) is 46.2. The fourth-order valence-corrected chi connectivity index (χ4v) is 14.8. The van der Waals surface area contributed by atoms with E-state index in [9.17, 15) is 10.2 Å². The van der Waals surface area contributed by atoms with Gasteiger partial charge in [0.2, 0.25) is 0 Å². The normalized spacial score (nSPS) is 14.5. The summed E-state index contributed by atoms with van der Waals surface area (Å²) >= 11 is 1.52. The third kappa shape index (κ3) is 20.9. The van der Waals surface area contributed by atoms with Crippen LogP contribution in [-0.2, 0) is 75.6 Å². The van der Waals surface area contributed by atoms with Gasteiger partial charge in [0.15, 0.2) is 23.3 Å². The van der Waals surface area contributed by atoms with Crippen LogP contribution < -0.4 is 5.32 Å². The van der Waals surface area contributed by atoms with E-state index in [4.69, 9.17) is 29.7 Å². The van der Waals surface area contributed by atoms with Gasteiger partial charge >= 0.3 is 5.97 Å². The molecule has 0 bridgehead atoms. The molecule has 4 aromatic carbocycles. The molecule has 5 aromatic rings. The average Bonchev–Trinajstić information content (AvgIpc) is 1.61. The number of hydrogen-bond acceptors (Lipinski definition) is 7. The third-order valence-corrected chi connectivity index (χ3v) is 20.2. The van der Waals surface area contributed by atoms with Crippen molar-refractivity contribution < 1.29 is 29.0 Å². The second kappa shape index (κ2) is 41.8. The molecule has 12 heteroatoms. The van der Waals surface area contributed by atoms with Gasteiger partial charge in [0.1, 0.15) is 23.4 Å². The summed E-state index contributed by atoms with van der Waals surface area (Å²) in [5, 5.41) is 16.2. The molecule has 3 aliphatic heterocycles. The standard InChI is InChI=1S/C83H120N8O2S.Zn/c1-10-18-26-34-42-59-50-51-60(43-35-27-19-11-2)69-68(59)57-85-77(69)87-79-72-63(46-38-30-22-14-5)54-55-64(47-39-31-23-15-6)73(72)80(89-79)90-81-74-65(48-40-32-24-16-7)56-67(83(92)93-58-94-9)66(49-41-33-25-17-8)75(74)82(91-81)88-78-71-62(45-37-29-21-13-4)53-52-61(44-36-28-20-12-3)70(71)76(84)86-78;/h50-57,85H,10-49,58H2,1-9H3,(H2,84,86,87,88,89,90,91);. The first-order valence-corrected chi connectivity index (χ1v) is 39.6. The number of esters is 1. The Balaban J connectivity index is 0.0000128. The number of thioether (sulfide) groups is 1. The largest absolute Gasteiger partial charge is 0.451 e. The van der Waals surface area contributed by atoms with E-state index in [-0.39, 0.29) is 37.2 Å². The summed E-state index contributed by atoms with van der Waals surface area (Å²) in [6, 6.07) is 16.4. The van der Waals surface area contributed by atoms with Crippen LogP contribution in [0.5, 0.6) is 0 Å². The molecular weight excluding hydrogens is 1240 g/mol. The molecule has 0 unspecified atom stereocenters. The number of aromatic amines is 1. The number of carbonyl (C=O) groups is 1. The number of aliphatic imine (C=N–C) groups is 5. The Bertz CT molecular complexity index is 3440. The van der Waals surface area contributed by atoms with Crippen LogP contribution in [0.25, 0.3) is 10.8 Å². The number of fused-ring (bicyclic) bond motifs is 4. The Labute approximate surface area is 591 Å². The van der Waals surface area contributed by atoms with Crippen molar-refractivity contribution in [2.24, 2.45) is 25.0 Å². The van der Waals surface area contributed by atoms with E-state index < -0.39 is 0 Å². The number of amidine groups is 6.